The van der Waals surface area contributed by atoms with Gasteiger partial charge in [-0.15, -0.1) is 4.83 Å². The Labute approximate surface area is 155 Å². The largest absolute Gasteiger partial charge is 0.484 e. The topological polar surface area (TPSA) is 111 Å². The van der Waals surface area contributed by atoms with Crippen LogP contribution >= 0.6 is 0 Å². The first-order valence-corrected chi connectivity index (χ1v) is 9.26. The molecule has 2 N–H and O–H groups in total. The van der Waals surface area contributed by atoms with Gasteiger partial charge in [0.15, 0.2) is 6.61 Å². The first-order valence-electron chi connectivity index (χ1n) is 7.78. The van der Waals surface area contributed by atoms with E-state index in [-0.39, 0.29) is 22.8 Å². The molecule has 0 radical (unpaired) electrons. The minimum absolute atomic E-state index is 0.127. The first-order chi connectivity index (χ1) is 12.8. The summed E-state index contributed by atoms with van der Waals surface area (Å²) >= 11 is 0. The van der Waals surface area contributed by atoms with Crippen molar-refractivity contribution in [3.63, 3.8) is 0 Å². The van der Waals surface area contributed by atoms with Crippen molar-refractivity contribution in [2.75, 3.05) is 13.2 Å². The van der Waals surface area contributed by atoms with Crippen molar-refractivity contribution in [2.45, 2.75) is 11.8 Å². The molecule has 0 aliphatic rings. The molecule has 27 heavy (non-hydrogen) atoms. The number of esters is 1. The quantitative estimate of drug-likeness (QED) is 0.515. The number of sulfonamides is 1. The molecule has 8 nitrogen and oxygen atoms in total. The summed E-state index contributed by atoms with van der Waals surface area (Å²) in [5.41, 5.74) is 2.17. The van der Waals surface area contributed by atoms with E-state index in [1.54, 1.807) is 6.92 Å². The number of carbonyl (C=O) groups is 2. The summed E-state index contributed by atoms with van der Waals surface area (Å²) in [6.45, 7) is 1.33. The summed E-state index contributed by atoms with van der Waals surface area (Å²) < 4.78 is 47.1. The van der Waals surface area contributed by atoms with Crippen LogP contribution in [0.1, 0.15) is 17.3 Å². The van der Waals surface area contributed by atoms with E-state index in [9.17, 15) is 22.4 Å². The normalized spacial score (nSPS) is 10.9. The summed E-state index contributed by atoms with van der Waals surface area (Å²) in [7, 11) is -4.05. The summed E-state index contributed by atoms with van der Waals surface area (Å²) in [5.74, 6) is -1.76. The second-order valence-electron chi connectivity index (χ2n) is 5.14. The number of carbonyl (C=O) groups excluding carboxylic acids is 2. The minimum Gasteiger partial charge on any atom is -0.484 e. The van der Waals surface area contributed by atoms with E-state index in [4.69, 9.17) is 9.47 Å². The summed E-state index contributed by atoms with van der Waals surface area (Å²) in [5, 5.41) is 0. The van der Waals surface area contributed by atoms with Gasteiger partial charge in [-0.3, -0.25) is 10.2 Å². The molecule has 0 saturated heterocycles. The highest BCUT2D eigenvalue weighted by Crippen LogP contribution is 2.12. The lowest BCUT2D eigenvalue weighted by Gasteiger charge is -2.10. The second-order valence-corrected chi connectivity index (χ2v) is 6.83. The van der Waals surface area contributed by atoms with Gasteiger partial charge in [0.2, 0.25) is 0 Å². The van der Waals surface area contributed by atoms with Crippen molar-refractivity contribution in [3.05, 3.63) is 59.9 Å². The van der Waals surface area contributed by atoms with Gasteiger partial charge in [0.1, 0.15) is 11.6 Å². The van der Waals surface area contributed by atoms with Gasteiger partial charge in [-0.05, 0) is 43.3 Å². The maximum absolute atomic E-state index is 13.0. The number of benzene rings is 2. The van der Waals surface area contributed by atoms with E-state index in [0.717, 1.165) is 6.07 Å². The number of hydrogen-bond donors (Lipinski definition) is 2. The fourth-order valence-electron chi connectivity index (χ4n) is 1.91. The van der Waals surface area contributed by atoms with Gasteiger partial charge in [0, 0.05) is 6.07 Å². The monoisotopic (exact) mass is 396 g/mol. The zero-order chi connectivity index (χ0) is 19.9. The van der Waals surface area contributed by atoms with Crippen LogP contribution in [0.3, 0.4) is 0 Å². The molecule has 2 rings (SSSR count). The Bertz CT molecular complexity index is 915. The van der Waals surface area contributed by atoms with Crippen molar-refractivity contribution in [1.29, 1.82) is 0 Å². The molecule has 10 heteroatoms. The minimum atomic E-state index is -4.05. The summed E-state index contributed by atoms with van der Waals surface area (Å²) in [6, 6.07) is 10.1. The molecule has 0 unspecified atom stereocenters. The van der Waals surface area contributed by atoms with E-state index in [2.05, 4.69) is 0 Å². The first kappa shape index (κ1) is 20.3. The van der Waals surface area contributed by atoms with Gasteiger partial charge in [0.05, 0.1) is 17.1 Å². The van der Waals surface area contributed by atoms with Crippen LogP contribution in [0, 0.1) is 5.82 Å². The summed E-state index contributed by atoms with van der Waals surface area (Å²) in [6.07, 6.45) is 0. The molecule has 2 aromatic carbocycles. The van der Waals surface area contributed by atoms with E-state index in [1.165, 1.54) is 42.5 Å². The average Bonchev–Trinajstić information content (AvgIpc) is 2.65. The molecule has 0 aliphatic carbocycles. The Hall–Kier alpha value is -2.98. The second kappa shape index (κ2) is 9.10. The highest BCUT2D eigenvalue weighted by Gasteiger charge is 2.16. The Balaban J connectivity index is 1.90. The fourth-order valence-corrected chi connectivity index (χ4v) is 2.77. The Morgan fingerprint density at radius 2 is 1.81 bits per heavy atom. The number of nitrogens with one attached hydrogen (secondary N) is 2. The zero-order valence-corrected chi connectivity index (χ0v) is 15.1. The van der Waals surface area contributed by atoms with Crippen molar-refractivity contribution < 1.29 is 31.9 Å². The van der Waals surface area contributed by atoms with Gasteiger partial charge >= 0.3 is 5.97 Å². The van der Waals surface area contributed by atoms with Crippen LogP contribution in [0.5, 0.6) is 5.75 Å². The molecule has 0 saturated carbocycles. The van der Waals surface area contributed by atoms with Gasteiger partial charge in [-0.2, -0.15) is 0 Å². The molecule has 2 aromatic rings. The van der Waals surface area contributed by atoms with E-state index in [1.807, 2.05) is 10.3 Å². The Kier molecular flexibility index (Phi) is 6.85. The van der Waals surface area contributed by atoms with E-state index < -0.39 is 34.3 Å². The molecule has 144 valence electrons. The molecule has 0 spiro atoms. The highest BCUT2D eigenvalue weighted by atomic mass is 32.2. The number of ether oxygens (including phenoxy) is 2. The molecule has 0 bridgehead atoms. The van der Waals surface area contributed by atoms with Crippen LogP contribution in [-0.2, 0) is 19.6 Å². The van der Waals surface area contributed by atoms with Gasteiger partial charge < -0.3 is 9.47 Å². The molecule has 0 aromatic heterocycles. The number of hydrogen-bond acceptors (Lipinski definition) is 6. The third kappa shape index (κ3) is 6.04. The van der Waals surface area contributed by atoms with Crippen molar-refractivity contribution in [2.24, 2.45) is 0 Å². The lowest BCUT2D eigenvalue weighted by molar-refractivity contribution is -0.123. The zero-order valence-electron chi connectivity index (χ0n) is 14.3. The summed E-state index contributed by atoms with van der Waals surface area (Å²) in [4.78, 5) is 25.0. The fraction of sp³-hybridized carbons (Fsp3) is 0.176. The van der Waals surface area contributed by atoms with Crippen molar-refractivity contribution in [1.82, 2.24) is 10.3 Å². The van der Waals surface area contributed by atoms with Crippen LogP contribution in [-0.4, -0.2) is 33.5 Å². The number of amides is 1. The third-order valence-electron chi connectivity index (χ3n) is 3.17. The van der Waals surface area contributed by atoms with Crippen molar-refractivity contribution in [3.8, 4) is 5.75 Å². The molecule has 1 amide bonds. The number of halogens is 1. The SMILES string of the molecule is CCOC(=O)c1ccc(S(=O)(=O)NNC(=O)COc2cccc(F)c2)cc1. The lowest BCUT2D eigenvalue weighted by atomic mass is 10.2. The maximum atomic E-state index is 13.0. The molecular formula is C17H17FN2O6S. The highest BCUT2D eigenvalue weighted by molar-refractivity contribution is 7.89. The van der Waals surface area contributed by atoms with Gasteiger partial charge in [0.25, 0.3) is 15.9 Å². The van der Waals surface area contributed by atoms with Gasteiger partial charge in [-0.1, -0.05) is 6.07 Å². The molecule has 0 heterocycles. The number of rotatable bonds is 8. The van der Waals surface area contributed by atoms with Gasteiger partial charge in [-0.25, -0.2) is 17.6 Å². The predicted molar refractivity (Wildman–Crippen MR) is 92.8 cm³/mol. The van der Waals surface area contributed by atoms with Crippen LogP contribution in [0.25, 0.3) is 0 Å². The van der Waals surface area contributed by atoms with E-state index >= 15 is 0 Å². The van der Waals surface area contributed by atoms with Crippen LogP contribution in [0.2, 0.25) is 0 Å². The molecule has 0 aliphatic heterocycles. The molecular weight excluding hydrogens is 379 g/mol. The average molecular weight is 396 g/mol. The molecule has 0 fully saturated rings. The van der Waals surface area contributed by atoms with Crippen LogP contribution in [0.15, 0.2) is 53.4 Å². The third-order valence-corrected chi connectivity index (χ3v) is 4.43. The number of hydrazine groups is 1. The standard InChI is InChI=1S/C17H17FN2O6S/c1-2-25-17(22)12-6-8-15(9-7-12)27(23,24)20-19-16(21)11-26-14-5-3-4-13(18)10-14/h3-10,20H,2,11H2,1H3,(H,19,21). The van der Waals surface area contributed by atoms with Crippen LogP contribution in [0.4, 0.5) is 4.39 Å². The molecule has 0 atom stereocenters. The smallest absolute Gasteiger partial charge is 0.338 e. The Morgan fingerprint density at radius 1 is 1.11 bits per heavy atom. The van der Waals surface area contributed by atoms with Crippen molar-refractivity contribution >= 4 is 21.9 Å². The maximum Gasteiger partial charge on any atom is 0.338 e. The van der Waals surface area contributed by atoms with Crippen LogP contribution < -0.4 is 15.0 Å². The van der Waals surface area contributed by atoms with E-state index in [0.29, 0.717) is 0 Å². The Morgan fingerprint density at radius 3 is 2.44 bits per heavy atom. The lowest BCUT2D eigenvalue weighted by Crippen LogP contribution is -2.43. The predicted octanol–water partition coefficient (Wildman–Crippen LogP) is 1.39.